The molecular formula is C15H25NS. The number of anilines is 1. The third-order valence-corrected chi connectivity index (χ3v) is 3.81. The van der Waals surface area contributed by atoms with E-state index in [4.69, 9.17) is 0 Å². The number of thiol groups is 1. The summed E-state index contributed by atoms with van der Waals surface area (Å²) in [4.78, 5) is 2.49. The normalized spacial score (nSPS) is 11.5. The lowest BCUT2D eigenvalue weighted by Gasteiger charge is -2.33. The Kier molecular flexibility index (Phi) is 5.90. The molecule has 0 aliphatic carbocycles. The summed E-state index contributed by atoms with van der Waals surface area (Å²) in [6, 6.07) is 10.7. The molecule has 0 spiro atoms. The Morgan fingerprint density at radius 3 is 2.35 bits per heavy atom. The Morgan fingerprint density at radius 1 is 1.18 bits per heavy atom. The smallest absolute Gasteiger partial charge is 0.0366 e. The van der Waals surface area contributed by atoms with Crippen molar-refractivity contribution in [1.29, 1.82) is 0 Å². The number of hydrogen-bond donors (Lipinski definition) is 1. The van der Waals surface area contributed by atoms with Gasteiger partial charge in [0.15, 0.2) is 0 Å². The maximum atomic E-state index is 4.45. The van der Waals surface area contributed by atoms with Crippen LogP contribution in [0.3, 0.4) is 0 Å². The highest BCUT2D eigenvalue weighted by molar-refractivity contribution is 7.80. The molecule has 0 heterocycles. The number of benzene rings is 1. The van der Waals surface area contributed by atoms with Crippen molar-refractivity contribution in [3.05, 3.63) is 30.3 Å². The lowest BCUT2D eigenvalue weighted by Crippen LogP contribution is -2.36. The predicted octanol–water partition coefficient (Wildman–Crippen LogP) is 4.25. The quantitative estimate of drug-likeness (QED) is 0.709. The van der Waals surface area contributed by atoms with Crippen molar-refractivity contribution in [1.82, 2.24) is 0 Å². The molecule has 17 heavy (non-hydrogen) atoms. The molecule has 1 aromatic carbocycles. The van der Waals surface area contributed by atoms with Gasteiger partial charge in [-0.3, -0.25) is 0 Å². The molecule has 0 saturated carbocycles. The van der Waals surface area contributed by atoms with E-state index in [1.54, 1.807) is 0 Å². The summed E-state index contributed by atoms with van der Waals surface area (Å²) in [7, 11) is 0. The van der Waals surface area contributed by atoms with Crippen LogP contribution in [-0.2, 0) is 0 Å². The van der Waals surface area contributed by atoms with Gasteiger partial charge < -0.3 is 4.90 Å². The average molecular weight is 251 g/mol. The Hall–Kier alpha value is -0.630. The number of para-hydroxylation sites is 1. The zero-order chi connectivity index (χ0) is 12.7. The second-order valence-corrected chi connectivity index (χ2v) is 5.75. The summed E-state index contributed by atoms with van der Waals surface area (Å²) < 4.78 is 0. The van der Waals surface area contributed by atoms with Crippen LogP contribution in [0, 0.1) is 5.41 Å². The molecule has 1 aromatic rings. The number of hydrogen-bond acceptors (Lipinski definition) is 2. The summed E-state index contributed by atoms with van der Waals surface area (Å²) in [6.07, 6.45) is 2.49. The first-order valence-corrected chi connectivity index (χ1v) is 7.13. The van der Waals surface area contributed by atoms with Crippen LogP contribution < -0.4 is 4.90 Å². The number of nitrogens with zero attached hydrogens (tertiary/aromatic N) is 1. The van der Waals surface area contributed by atoms with Crippen molar-refractivity contribution >= 4 is 18.3 Å². The van der Waals surface area contributed by atoms with Gasteiger partial charge in [-0.25, -0.2) is 0 Å². The third kappa shape index (κ3) is 5.03. The van der Waals surface area contributed by atoms with E-state index in [9.17, 15) is 0 Å². The molecule has 96 valence electrons. The Labute approximate surface area is 112 Å². The lowest BCUT2D eigenvalue weighted by molar-refractivity contribution is 0.418. The second-order valence-electron chi connectivity index (χ2n) is 5.43. The highest BCUT2D eigenvalue weighted by Gasteiger charge is 2.20. The Morgan fingerprint density at radius 2 is 1.82 bits per heavy atom. The molecule has 0 N–H and O–H groups in total. The topological polar surface area (TPSA) is 3.24 Å². The van der Waals surface area contributed by atoms with Crippen molar-refractivity contribution in [3.63, 3.8) is 0 Å². The monoisotopic (exact) mass is 251 g/mol. The summed E-state index contributed by atoms with van der Waals surface area (Å²) in [5, 5.41) is 0. The van der Waals surface area contributed by atoms with E-state index >= 15 is 0 Å². The lowest BCUT2D eigenvalue weighted by atomic mass is 9.95. The van der Waals surface area contributed by atoms with Crippen LogP contribution >= 0.6 is 12.6 Å². The summed E-state index contributed by atoms with van der Waals surface area (Å²) >= 11 is 4.45. The number of unbranched alkanes of at least 4 members (excludes halogenated alkanes) is 1. The van der Waals surface area contributed by atoms with Gasteiger partial charge in [0.25, 0.3) is 0 Å². The first kappa shape index (κ1) is 14.4. The van der Waals surface area contributed by atoms with E-state index in [0.29, 0.717) is 0 Å². The molecular weight excluding hydrogens is 226 g/mol. The van der Waals surface area contributed by atoms with Gasteiger partial charge in [0.05, 0.1) is 0 Å². The van der Waals surface area contributed by atoms with E-state index in [0.717, 1.165) is 18.8 Å². The van der Waals surface area contributed by atoms with Crippen LogP contribution in [0.2, 0.25) is 0 Å². The predicted molar refractivity (Wildman–Crippen MR) is 81.2 cm³/mol. The minimum absolute atomic E-state index is 0.257. The fourth-order valence-electron chi connectivity index (χ4n) is 1.85. The molecule has 0 aliphatic rings. The first-order chi connectivity index (χ1) is 8.09. The van der Waals surface area contributed by atoms with E-state index in [1.165, 1.54) is 18.5 Å². The third-order valence-electron chi connectivity index (χ3n) is 2.95. The van der Waals surface area contributed by atoms with Crippen LogP contribution in [0.5, 0.6) is 0 Å². The number of rotatable bonds is 7. The van der Waals surface area contributed by atoms with E-state index < -0.39 is 0 Å². The van der Waals surface area contributed by atoms with Crippen LogP contribution in [0.25, 0.3) is 0 Å². The van der Waals surface area contributed by atoms with Crippen molar-refractivity contribution in [2.45, 2.75) is 33.6 Å². The second kappa shape index (κ2) is 6.95. The van der Waals surface area contributed by atoms with Gasteiger partial charge in [-0.1, -0.05) is 45.4 Å². The fraction of sp³-hybridized carbons (Fsp3) is 0.600. The van der Waals surface area contributed by atoms with Gasteiger partial charge >= 0.3 is 0 Å². The zero-order valence-corrected chi connectivity index (χ0v) is 12.2. The SMILES string of the molecule is CCCCN(CC(C)(C)CS)c1ccccc1. The van der Waals surface area contributed by atoms with Crippen molar-refractivity contribution in [3.8, 4) is 0 Å². The van der Waals surface area contributed by atoms with Gasteiger partial charge in [-0.05, 0) is 29.7 Å². The fourth-order valence-corrected chi connectivity index (χ4v) is 1.95. The van der Waals surface area contributed by atoms with Gasteiger partial charge in [-0.15, -0.1) is 0 Å². The minimum Gasteiger partial charge on any atom is -0.371 e. The maximum absolute atomic E-state index is 4.45. The van der Waals surface area contributed by atoms with Crippen LogP contribution in [0.4, 0.5) is 5.69 Å². The molecule has 0 bridgehead atoms. The van der Waals surface area contributed by atoms with Gasteiger partial charge in [0.2, 0.25) is 0 Å². The molecule has 0 amide bonds. The molecule has 0 radical (unpaired) electrons. The Balaban J connectivity index is 2.74. The molecule has 1 nitrogen and oxygen atoms in total. The molecule has 0 aromatic heterocycles. The van der Waals surface area contributed by atoms with E-state index in [-0.39, 0.29) is 5.41 Å². The molecule has 0 atom stereocenters. The van der Waals surface area contributed by atoms with Crippen LogP contribution in [-0.4, -0.2) is 18.8 Å². The van der Waals surface area contributed by atoms with Crippen LogP contribution in [0.15, 0.2) is 30.3 Å². The van der Waals surface area contributed by atoms with Gasteiger partial charge in [0.1, 0.15) is 0 Å². The summed E-state index contributed by atoms with van der Waals surface area (Å²) in [5.74, 6) is 0.919. The van der Waals surface area contributed by atoms with Crippen molar-refractivity contribution in [2.24, 2.45) is 5.41 Å². The molecule has 1 rings (SSSR count). The van der Waals surface area contributed by atoms with Crippen molar-refractivity contribution in [2.75, 3.05) is 23.7 Å². The highest BCUT2D eigenvalue weighted by Crippen LogP contribution is 2.23. The molecule has 2 heteroatoms. The molecule has 0 saturated heterocycles. The van der Waals surface area contributed by atoms with Crippen LogP contribution in [0.1, 0.15) is 33.6 Å². The zero-order valence-electron chi connectivity index (χ0n) is 11.3. The Bertz CT molecular complexity index is 308. The van der Waals surface area contributed by atoms with Crippen molar-refractivity contribution < 1.29 is 0 Å². The largest absolute Gasteiger partial charge is 0.371 e. The van der Waals surface area contributed by atoms with Gasteiger partial charge in [0, 0.05) is 18.8 Å². The standard InChI is InChI=1S/C15H25NS/c1-4-5-11-16(12-15(2,3)13-17)14-9-7-6-8-10-14/h6-10,17H,4-5,11-13H2,1-3H3. The molecule has 0 aliphatic heterocycles. The minimum atomic E-state index is 0.257. The summed E-state index contributed by atoms with van der Waals surface area (Å²) in [5.41, 5.74) is 1.59. The highest BCUT2D eigenvalue weighted by atomic mass is 32.1. The maximum Gasteiger partial charge on any atom is 0.0366 e. The van der Waals surface area contributed by atoms with E-state index in [2.05, 4.69) is 68.6 Å². The summed E-state index contributed by atoms with van der Waals surface area (Å²) in [6.45, 7) is 9.01. The van der Waals surface area contributed by atoms with E-state index in [1.807, 2.05) is 0 Å². The van der Waals surface area contributed by atoms with Gasteiger partial charge in [-0.2, -0.15) is 12.6 Å². The average Bonchev–Trinajstić information content (AvgIpc) is 2.35. The molecule has 0 unspecified atom stereocenters. The first-order valence-electron chi connectivity index (χ1n) is 6.50. The molecule has 0 fully saturated rings.